The van der Waals surface area contributed by atoms with E-state index in [1.54, 1.807) is 11.0 Å². The minimum atomic E-state index is -0.618. The van der Waals surface area contributed by atoms with Crippen LogP contribution < -0.4 is 10.7 Å². The summed E-state index contributed by atoms with van der Waals surface area (Å²) in [6.07, 6.45) is 0.541. The van der Waals surface area contributed by atoms with Gasteiger partial charge in [0.05, 0.1) is 22.5 Å². The molecule has 0 unspecified atom stereocenters. The van der Waals surface area contributed by atoms with Gasteiger partial charge in [0.2, 0.25) is 5.91 Å². The monoisotopic (exact) mass is 417 g/mol. The molecule has 0 spiro atoms. The highest BCUT2D eigenvalue weighted by molar-refractivity contribution is 6.30. The maximum Gasteiger partial charge on any atom is 0.238 e. The zero-order chi connectivity index (χ0) is 20.7. The predicted molar refractivity (Wildman–Crippen MR) is 108 cm³/mol. The molecule has 0 saturated heterocycles. The van der Waals surface area contributed by atoms with Gasteiger partial charge in [0, 0.05) is 36.5 Å². The number of hydrogen-bond donors (Lipinski definition) is 2. The van der Waals surface area contributed by atoms with Crippen molar-refractivity contribution in [1.82, 2.24) is 9.88 Å². The lowest BCUT2D eigenvalue weighted by atomic mass is 10.0. The van der Waals surface area contributed by atoms with Gasteiger partial charge in [-0.15, -0.1) is 0 Å². The van der Waals surface area contributed by atoms with Crippen LogP contribution in [0.15, 0.2) is 35.1 Å². The summed E-state index contributed by atoms with van der Waals surface area (Å²) < 4.78 is 27.8. The number of nitrogens with one attached hydrogen (secondary N) is 2. The summed E-state index contributed by atoms with van der Waals surface area (Å²) in [6, 6.07) is 6.95. The van der Waals surface area contributed by atoms with Crippen molar-refractivity contribution in [3.63, 3.8) is 0 Å². The van der Waals surface area contributed by atoms with Crippen LogP contribution in [-0.2, 0) is 17.8 Å². The molecule has 8 heteroatoms. The van der Waals surface area contributed by atoms with Crippen LogP contribution in [0.4, 0.5) is 14.5 Å². The third-order valence-electron chi connectivity index (χ3n) is 5.13. The van der Waals surface area contributed by atoms with Crippen molar-refractivity contribution in [2.45, 2.75) is 19.9 Å². The number of amides is 1. The van der Waals surface area contributed by atoms with Crippen molar-refractivity contribution in [3.8, 4) is 0 Å². The number of anilines is 1. The summed E-state index contributed by atoms with van der Waals surface area (Å²) in [6.45, 7) is 2.64. The number of aromatic nitrogens is 1. The van der Waals surface area contributed by atoms with E-state index in [1.807, 2.05) is 6.92 Å². The number of H-pyrrole nitrogens is 1. The summed E-state index contributed by atoms with van der Waals surface area (Å²) in [5.74, 6) is -1.52. The maximum absolute atomic E-state index is 14.3. The molecule has 3 aromatic rings. The van der Waals surface area contributed by atoms with Gasteiger partial charge in [0.15, 0.2) is 5.43 Å². The molecule has 0 radical (unpaired) electrons. The zero-order valence-electron chi connectivity index (χ0n) is 15.6. The molecule has 0 saturated carbocycles. The van der Waals surface area contributed by atoms with Gasteiger partial charge in [-0.3, -0.25) is 14.5 Å². The molecule has 2 N–H and O–H groups in total. The highest BCUT2D eigenvalue weighted by Gasteiger charge is 2.24. The number of pyridine rings is 1. The smallest absolute Gasteiger partial charge is 0.238 e. The Morgan fingerprint density at radius 2 is 2.03 bits per heavy atom. The van der Waals surface area contributed by atoms with Crippen LogP contribution in [0.2, 0.25) is 5.02 Å². The van der Waals surface area contributed by atoms with Gasteiger partial charge in [0.1, 0.15) is 11.6 Å². The Balaban J connectivity index is 1.54. The lowest BCUT2D eigenvalue weighted by Gasteiger charge is -2.28. The van der Waals surface area contributed by atoms with Crippen molar-refractivity contribution in [2.75, 3.05) is 18.4 Å². The quantitative estimate of drug-likeness (QED) is 0.682. The predicted octanol–water partition coefficient (Wildman–Crippen LogP) is 3.76. The second-order valence-corrected chi connectivity index (χ2v) is 7.57. The van der Waals surface area contributed by atoms with E-state index in [0.29, 0.717) is 29.7 Å². The molecular weight excluding hydrogens is 400 g/mol. The summed E-state index contributed by atoms with van der Waals surface area (Å²) in [5, 5.41) is 2.64. The van der Waals surface area contributed by atoms with Crippen LogP contribution in [0.5, 0.6) is 0 Å². The van der Waals surface area contributed by atoms with Crippen LogP contribution in [0.3, 0.4) is 0 Å². The van der Waals surface area contributed by atoms with Gasteiger partial charge in [-0.05, 0) is 36.8 Å². The Morgan fingerprint density at radius 1 is 1.24 bits per heavy atom. The Hall–Kier alpha value is -2.77. The van der Waals surface area contributed by atoms with Crippen LogP contribution in [0.1, 0.15) is 16.8 Å². The van der Waals surface area contributed by atoms with Crippen LogP contribution >= 0.6 is 11.6 Å². The number of benzene rings is 2. The summed E-state index contributed by atoms with van der Waals surface area (Å²) >= 11 is 5.64. The Labute approximate surface area is 170 Å². The molecule has 2 aromatic carbocycles. The van der Waals surface area contributed by atoms with E-state index in [9.17, 15) is 18.4 Å². The number of fused-ring (bicyclic) bond motifs is 2. The third kappa shape index (κ3) is 3.75. The molecule has 0 aliphatic carbocycles. The van der Waals surface area contributed by atoms with Crippen molar-refractivity contribution in [2.24, 2.45) is 0 Å². The molecule has 5 nitrogen and oxygen atoms in total. The number of aromatic amines is 1. The van der Waals surface area contributed by atoms with Gasteiger partial charge in [-0.2, -0.15) is 0 Å². The Morgan fingerprint density at radius 3 is 2.79 bits per heavy atom. The van der Waals surface area contributed by atoms with Crippen LogP contribution in [-0.4, -0.2) is 28.9 Å². The average Bonchev–Trinajstić information content (AvgIpc) is 2.68. The normalized spacial score (nSPS) is 14.1. The first kappa shape index (κ1) is 19.5. The number of nitrogens with zero attached hydrogens (tertiary/aromatic N) is 1. The number of hydrogen-bond acceptors (Lipinski definition) is 3. The number of carbonyl (C=O) groups excluding carboxylic acids is 1. The fourth-order valence-electron chi connectivity index (χ4n) is 3.64. The lowest BCUT2D eigenvalue weighted by molar-refractivity contribution is -0.117. The molecule has 4 rings (SSSR count). The van der Waals surface area contributed by atoms with Crippen molar-refractivity contribution in [1.29, 1.82) is 0 Å². The molecule has 1 aliphatic heterocycles. The maximum atomic E-state index is 14.3. The molecule has 0 bridgehead atoms. The first-order chi connectivity index (χ1) is 13.8. The third-order valence-corrected chi connectivity index (χ3v) is 5.44. The molecule has 29 heavy (non-hydrogen) atoms. The van der Waals surface area contributed by atoms with Crippen LogP contribution in [0.25, 0.3) is 10.9 Å². The van der Waals surface area contributed by atoms with Gasteiger partial charge >= 0.3 is 0 Å². The first-order valence-electron chi connectivity index (χ1n) is 9.13. The van der Waals surface area contributed by atoms with E-state index < -0.39 is 11.6 Å². The summed E-state index contributed by atoms with van der Waals surface area (Å²) in [4.78, 5) is 30.2. The molecule has 1 aliphatic rings. The molecule has 0 atom stereocenters. The Kier molecular flexibility index (Phi) is 5.10. The number of carbonyl (C=O) groups is 1. The molecule has 2 heterocycles. The highest BCUT2D eigenvalue weighted by Crippen LogP contribution is 2.23. The van der Waals surface area contributed by atoms with E-state index in [4.69, 9.17) is 11.6 Å². The Bertz CT molecular complexity index is 1190. The van der Waals surface area contributed by atoms with Gasteiger partial charge < -0.3 is 10.3 Å². The second kappa shape index (κ2) is 7.57. The van der Waals surface area contributed by atoms with E-state index in [2.05, 4.69) is 10.3 Å². The average molecular weight is 418 g/mol. The van der Waals surface area contributed by atoms with Crippen molar-refractivity contribution >= 4 is 34.1 Å². The van der Waals surface area contributed by atoms with E-state index in [-0.39, 0.29) is 34.8 Å². The van der Waals surface area contributed by atoms with Crippen molar-refractivity contribution in [3.05, 3.63) is 74.0 Å². The minimum Gasteiger partial charge on any atom is -0.358 e. The van der Waals surface area contributed by atoms with Crippen molar-refractivity contribution < 1.29 is 13.6 Å². The molecular formula is C21H18ClF2N3O2. The molecule has 1 amide bonds. The zero-order valence-corrected chi connectivity index (χ0v) is 16.4. The molecule has 0 fully saturated rings. The van der Waals surface area contributed by atoms with Gasteiger partial charge in [-0.1, -0.05) is 17.7 Å². The summed E-state index contributed by atoms with van der Waals surface area (Å²) in [7, 11) is 0. The van der Waals surface area contributed by atoms with E-state index in [1.165, 1.54) is 18.2 Å². The summed E-state index contributed by atoms with van der Waals surface area (Å²) in [5.41, 5.74) is 2.52. The first-order valence-corrected chi connectivity index (χ1v) is 9.51. The fourth-order valence-corrected chi connectivity index (χ4v) is 3.76. The SMILES string of the molecule is Cc1ccc(F)c2c(=O)c3c([nH]c12)CCN(CC(=O)Nc1ccc(Cl)c(F)c1)C3. The van der Waals surface area contributed by atoms with Gasteiger partial charge in [-0.25, -0.2) is 8.78 Å². The minimum absolute atomic E-state index is 0.0236. The largest absolute Gasteiger partial charge is 0.358 e. The van der Waals surface area contributed by atoms with E-state index in [0.717, 1.165) is 17.3 Å². The van der Waals surface area contributed by atoms with E-state index >= 15 is 0 Å². The number of rotatable bonds is 3. The number of halogens is 3. The topological polar surface area (TPSA) is 65.2 Å². The fraction of sp³-hybridized carbons (Fsp3) is 0.238. The van der Waals surface area contributed by atoms with Gasteiger partial charge in [0.25, 0.3) is 0 Å². The number of aryl methyl sites for hydroxylation is 1. The van der Waals surface area contributed by atoms with Crippen LogP contribution in [0, 0.1) is 18.6 Å². The highest BCUT2D eigenvalue weighted by atomic mass is 35.5. The second-order valence-electron chi connectivity index (χ2n) is 7.16. The standard InChI is InChI=1S/C21H18ClF2N3O2/c1-11-2-5-15(23)19-20(11)26-17-6-7-27(9-13(17)21(19)29)10-18(28)25-12-3-4-14(22)16(24)8-12/h2-5,8H,6-7,9-10H2,1H3,(H,25,28)(H,26,29). The lowest BCUT2D eigenvalue weighted by Crippen LogP contribution is -2.39. The molecule has 1 aromatic heterocycles. The molecule has 150 valence electrons.